The Bertz CT molecular complexity index is 430. The van der Waals surface area contributed by atoms with E-state index in [-0.39, 0.29) is 11.3 Å². The minimum absolute atomic E-state index is 0.116. The summed E-state index contributed by atoms with van der Waals surface area (Å²) in [5.74, 6) is 0.183. The molecule has 1 heterocycles. The number of carbonyl (C=O) groups is 1. The molecular weight excluding hydrogens is 230 g/mol. The number of anilines is 1. The van der Waals surface area contributed by atoms with E-state index in [0.29, 0.717) is 24.7 Å². The molecule has 0 atom stereocenters. The molecule has 0 spiro atoms. The van der Waals surface area contributed by atoms with Gasteiger partial charge in [0.1, 0.15) is 11.5 Å². The number of rotatable bonds is 5. The molecule has 1 saturated carbocycles. The van der Waals surface area contributed by atoms with Gasteiger partial charge in [-0.1, -0.05) is 12.5 Å². The zero-order valence-corrected chi connectivity index (χ0v) is 10.6. The van der Waals surface area contributed by atoms with Crippen molar-refractivity contribution >= 4 is 11.7 Å². The largest absolute Gasteiger partial charge is 0.384 e. The topological polar surface area (TPSA) is 77.2 Å². The second kappa shape index (κ2) is 5.35. The Kier molecular flexibility index (Phi) is 3.81. The third kappa shape index (κ3) is 2.79. The summed E-state index contributed by atoms with van der Waals surface area (Å²) in [6.07, 6.45) is 3.41. The van der Waals surface area contributed by atoms with Crippen molar-refractivity contribution in [2.75, 3.05) is 26.0 Å². The zero-order valence-electron chi connectivity index (χ0n) is 10.6. The second-order valence-electron chi connectivity index (χ2n) is 4.92. The van der Waals surface area contributed by atoms with Gasteiger partial charge in [0.2, 0.25) is 0 Å². The molecule has 1 aliphatic carbocycles. The summed E-state index contributed by atoms with van der Waals surface area (Å²) >= 11 is 0. The van der Waals surface area contributed by atoms with Crippen molar-refractivity contribution in [1.82, 2.24) is 10.3 Å². The van der Waals surface area contributed by atoms with Gasteiger partial charge in [-0.2, -0.15) is 0 Å². The maximum atomic E-state index is 11.9. The molecule has 2 rings (SSSR count). The van der Waals surface area contributed by atoms with Crippen LogP contribution in [0, 0.1) is 5.41 Å². The minimum Gasteiger partial charge on any atom is -0.384 e. The van der Waals surface area contributed by atoms with Crippen LogP contribution in [0.2, 0.25) is 0 Å². The highest BCUT2D eigenvalue weighted by molar-refractivity contribution is 5.92. The van der Waals surface area contributed by atoms with Crippen LogP contribution in [0.3, 0.4) is 0 Å². The highest BCUT2D eigenvalue weighted by atomic mass is 16.5. The molecule has 1 aliphatic rings. The average molecular weight is 249 g/mol. The first-order valence-corrected chi connectivity index (χ1v) is 6.15. The Balaban J connectivity index is 1.92. The first-order chi connectivity index (χ1) is 8.65. The number of hydrogen-bond donors (Lipinski definition) is 2. The summed E-state index contributed by atoms with van der Waals surface area (Å²) in [6.45, 7) is 1.33. The van der Waals surface area contributed by atoms with Gasteiger partial charge in [-0.15, -0.1) is 0 Å². The van der Waals surface area contributed by atoms with Crippen molar-refractivity contribution in [3.8, 4) is 0 Å². The van der Waals surface area contributed by atoms with Crippen LogP contribution in [0.5, 0.6) is 0 Å². The summed E-state index contributed by atoms with van der Waals surface area (Å²) in [7, 11) is 1.70. The van der Waals surface area contributed by atoms with Crippen molar-refractivity contribution in [2.24, 2.45) is 5.41 Å². The molecule has 0 aliphatic heterocycles. The van der Waals surface area contributed by atoms with Crippen LogP contribution in [0.15, 0.2) is 18.2 Å². The fourth-order valence-electron chi connectivity index (χ4n) is 2.29. The lowest BCUT2D eigenvalue weighted by Gasteiger charge is -2.41. The van der Waals surface area contributed by atoms with Crippen molar-refractivity contribution in [1.29, 1.82) is 0 Å². The smallest absolute Gasteiger partial charge is 0.269 e. The Morgan fingerprint density at radius 2 is 2.33 bits per heavy atom. The van der Waals surface area contributed by atoms with Crippen molar-refractivity contribution in [3.05, 3.63) is 23.9 Å². The Morgan fingerprint density at radius 3 is 2.89 bits per heavy atom. The number of nitrogens with one attached hydrogen (secondary N) is 1. The first kappa shape index (κ1) is 12.8. The summed E-state index contributed by atoms with van der Waals surface area (Å²) < 4.78 is 5.22. The predicted molar refractivity (Wildman–Crippen MR) is 69.1 cm³/mol. The van der Waals surface area contributed by atoms with Gasteiger partial charge in [0, 0.05) is 19.1 Å². The molecule has 3 N–H and O–H groups in total. The van der Waals surface area contributed by atoms with Gasteiger partial charge in [-0.25, -0.2) is 4.98 Å². The molecule has 0 bridgehead atoms. The van der Waals surface area contributed by atoms with Gasteiger partial charge in [0.05, 0.1) is 6.61 Å². The zero-order chi connectivity index (χ0) is 13.0. The van der Waals surface area contributed by atoms with E-state index in [1.54, 1.807) is 25.3 Å². The van der Waals surface area contributed by atoms with Crippen molar-refractivity contribution < 1.29 is 9.53 Å². The molecule has 5 nitrogen and oxygen atoms in total. The second-order valence-corrected chi connectivity index (χ2v) is 4.92. The molecular formula is C13H19N3O2. The minimum atomic E-state index is -0.176. The highest BCUT2D eigenvalue weighted by Gasteiger charge is 2.37. The number of nitrogens with two attached hydrogens (primary N) is 1. The van der Waals surface area contributed by atoms with Crippen LogP contribution in [-0.2, 0) is 4.74 Å². The van der Waals surface area contributed by atoms with E-state index in [2.05, 4.69) is 10.3 Å². The molecule has 0 unspecified atom stereocenters. The van der Waals surface area contributed by atoms with Gasteiger partial charge >= 0.3 is 0 Å². The Morgan fingerprint density at radius 1 is 1.56 bits per heavy atom. The molecule has 1 amide bonds. The van der Waals surface area contributed by atoms with Gasteiger partial charge in [0.15, 0.2) is 0 Å². The number of methoxy groups -OCH3 is 1. The lowest BCUT2D eigenvalue weighted by molar-refractivity contribution is 0.0179. The van der Waals surface area contributed by atoms with Gasteiger partial charge in [-0.3, -0.25) is 4.79 Å². The summed E-state index contributed by atoms with van der Waals surface area (Å²) in [5, 5.41) is 2.92. The monoisotopic (exact) mass is 249 g/mol. The van der Waals surface area contributed by atoms with Crippen LogP contribution in [0.4, 0.5) is 5.82 Å². The van der Waals surface area contributed by atoms with Crippen LogP contribution in [0.25, 0.3) is 0 Å². The maximum absolute atomic E-state index is 11.9. The number of aromatic nitrogens is 1. The predicted octanol–water partition coefficient (Wildman–Crippen LogP) is 1.21. The van der Waals surface area contributed by atoms with Gasteiger partial charge in [-0.05, 0) is 25.0 Å². The van der Waals surface area contributed by atoms with Gasteiger partial charge < -0.3 is 15.8 Å². The van der Waals surface area contributed by atoms with E-state index >= 15 is 0 Å². The molecule has 0 aromatic carbocycles. The average Bonchev–Trinajstić information content (AvgIpc) is 2.32. The Hall–Kier alpha value is -1.62. The molecule has 1 aromatic rings. The van der Waals surface area contributed by atoms with E-state index in [4.69, 9.17) is 10.5 Å². The number of nitrogens with zero attached hydrogens (tertiary/aromatic N) is 1. The molecule has 1 fully saturated rings. The number of carbonyl (C=O) groups excluding carboxylic acids is 1. The van der Waals surface area contributed by atoms with Gasteiger partial charge in [0.25, 0.3) is 5.91 Å². The normalized spacial score (nSPS) is 16.9. The quantitative estimate of drug-likeness (QED) is 0.822. The SMILES string of the molecule is COCC1(CNC(=O)c2cccc(N)n2)CCC1. The number of ether oxygens (including phenoxy) is 1. The molecule has 98 valence electrons. The number of amides is 1. The summed E-state index contributed by atoms with van der Waals surface area (Å²) in [6, 6.07) is 5.05. The number of nitrogen functional groups attached to an aromatic ring is 1. The van der Waals surface area contributed by atoms with Crippen molar-refractivity contribution in [3.63, 3.8) is 0 Å². The Labute approximate surface area is 107 Å². The van der Waals surface area contributed by atoms with Crippen LogP contribution in [-0.4, -0.2) is 31.2 Å². The lowest BCUT2D eigenvalue weighted by atomic mass is 9.69. The molecule has 18 heavy (non-hydrogen) atoms. The first-order valence-electron chi connectivity index (χ1n) is 6.15. The molecule has 1 aromatic heterocycles. The maximum Gasteiger partial charge on any atom is 0.269 e. The van der Waals surface area contributed by atoms with E-state index < -0.39 is 0 Å². The number of pyridine rings is 1. The van der Waals surface area contributed by atoms with Crippen molar-refractivity contribution in [2.45, 2.75) is 19.3 Å². The van der Waals surface area contributed by atoms with E-state index in [1.807, 2.05) is 0 Å². The standard InChI is InChI=1S/C13H19N3O2/c1-18-9-13(6-3-7-13)8-15-12(17)10-4-2-5-11(14)16-10/h2,4-5H,3,6-9H2,1H3,(H2,14,16)(H,15,17). The van der Waals surface area contributed by atoms with E-state index in [9.17, 15) is 4.79 Å². The van der Waals surface area contributed by atoms with E-state index in [0.717, 1.165) is 12.8 Å². The molecule has 0 radical (unpaired) electrons. The molecule has 0 saturated heterocycles. The van der Waals surface area contributed by atoms with E-state index in [1.165, 1.54) is 6.42 Å². The van der Waals surface area contributed by atoms with Crippen LogP contribution >= 0.6 is 0 Å². The molecule has 5 heteroatoms. The summed E-state index contributed by atoms with van der Waals surface area (Å²) in [5.41, 5.74) is 6.03. The fraction of sp³-hybridized carbons (Fsp3) is 0.538. The van der Waals surface area contributed by atoms with Crippen LogP contribution < -0.4 is 11.1 Å². The lowest BCUT2D eigenvalue weighted by Crippen LogP contribution is -2.45. The fourth-order valence-corrected chi connectivity index (χ4v) is 2.29. The third-order valence-electron chi connectivity index (χ3n) is 3.49. The number of hydrogen-bond acceptors (Lipinski definition) is 4. The van der Waals surface area contributed by atoms with Crippen LogP contribution in [0.1, 0.15) is 29.8 Å². The third-order valence-corrected chi connectivity index (χ3v) is 3.49. The summed E-state index contributed by atoms with van der Waals surface area (Å²) in [4.78, 5) is 15.9. The highest BCUT2D eigenvalue weighted by Crippen LogP contribution is 2.40.